The van der Waals surface area contributed by atoms with Gasteiger partial charge in [-0.25, -0.2) is 0 Å². The molecule has 1 amide bonds. The fourth-order valence-corrected chi connectivity index (χ4v) is 3.55. The first-order chi connectivity index (χ1) is 11.1. The number of carbonyl (C=O) groups is 1. The van der Waals surface area contributed by atoms with Crippen LogP contribution < -0.4 is 19.2 Å². The van der Waals surface area contributed by atoms with Gasteiger partial charge in [-0.3, -0.25) is 10.0 Å². The summed E-state index contributed by atoms with van der Waals surface area (Å²) in [5.41, 5.74) is 0.224. The highest BCUT2D eigenvalue weighted by Crippen LogP contribution is 2.39. The molecule has 0 saturated carbocycles. The fourth-order valence-electron chi connectivity index (χ4n) is 3.38. The summed E-state index contributed by atoms with van der Waals surface area (Å²) in [4.78, 5) is 14.9. The second kappa shape index (κ2) is 6.53. The fraction of sp³-hybridized carbons (Fsp3) is 0.571. The molecule has 3 aliphatic heterocycles. The average molecular weight is 336 g/mol. The van der Waals surface area contributed by atoms with Crippen molar-refractivity contribution >= 4 is 23.4 Å². The van der Waals surface area contributed by atoms with Crippen molar-refractivity contribution in [3.8, 4) is 11.5 Å². The molecule has 2 N–H and O–H groups in total. The van der Waals surface area contributed by atoms with Gasteiger partial charge in [0.15, 0.2) is 5.75 Å². The van der Waals surface area contributed by atoms with E-state index < -0.39 is 0 Å². The predicted octanol–water partition coefficient (Wildman–Crippen LogP) is 0.0583. The van der Waals surface area contributed by atoms with Gasteiger partial charge in [0.05, 0.1) is 15.5 Å². The Labute approximate surface area is 138 Å². The molecule has 2 radical (unpaired) electrons. The molecule has 3 aliphatic rings. The number of nitrogens with one attached hydrogen (secondary N) is 1. The third kappa shape index (κ3) is 3.24. The second-order valence-corrected chi connectivity index (χ2v) is 6.48. The number of rotatable bonds is 5. The molecule has 0 spiro atoms. The van der Waals surface area contributed by atoms with Crippen LogP contribution in [0.5, 0.6) is 11.5 Å². The van der Waals surface area contributed by atoms with E-state index in [9.17, 15) is 10.0 Å². The number of piperidine rings is 3. The van der Waals surface area contributed by atoms with Gasteiger partial charge in [-0.1, -0.05) is 0 Å². The van der Waals surface area contributed by atoms with Crippen molar-refractivity contribution in [1.82, 2.24) is 10.2 Å². The van der Waals surface area contributed by atoms with Crippen LogP contribution in [0, 0.1) is 5.41 Å². The zero-order valence-electron chi connectivity index (χ0n) is 12.8. The van der Waals surface area contributed by atoms with E-state index in [1.54, 1.807) is 0 Å². The van der Waals surface area contributed by atoms with E-state index in [0.717, 1.165) is 38.9 Å². The van der Waals surface area contributed by atoms with Crippen LogP contribution in [-0.4, -0.2) is 50.2 Å². The maximum atomic E-state index is 12.4. The standard InChI is InChI=1S/C14H19BN3O4P/c15-21-11-7-10(18(20)8-12(11)22-23)13(19)16-9-14-1-4-17(5-2-14)6-3-14/h7-8H,1-6,9,23H2,(H-,16,19,20)/p+1. The number of fused-ring (bicyclic) bond motifs is 3. The molecule has 0 aromatic carbocycles. The van der Waals surface area contributed by atoms with E-state index >= 15 is 0 Å². The number of amides is 1. The van der Waals surface area contributed by atoms with E-state index in [-0.39, 0.29) is 28.5 Å². The highest BCUT2D eigenvalue weighted by atomic mass is 31.0. The lowest BCUT2D eigenvalue weighted by Gasteiger charge is -2.48. The topological polar surface area (TPSA) is 74.9 Å². The largest absolute Gasteiger partial charge is 0.565 e. The van der Waals surface area contributed by atoms with Crippen molar-refractivity contribution in [3.05, 3.63) is 18.0 Å². The maximum Gasteiger partial charge on any atom is 0.374 e. The number of hydrogen-bond donors (Lipinski definition) is 2. The first-order valence-electron chi connectivity index (χ1n) is 7.60. The quantitative estimate of drug-likeness (QED) is 0.344. The van der Waals surface area contributed by atoms with Gasteiger partial charge in [0.1, 0.15) is 0 Å². The van der Waals surface area contributed by atoms with Gasteiger partial charge in [-0.2, -0.15) is 0 Å². The Morgan fingerprint density at radius 1 is 1.39 bits per heavy atom. The van der Waals surface area contributed by atoms with E-state index in [1.165, 1.54) is 12.3 Å². The SMILES string of the molecule is [B]Oc1cc(C(=O)NCC23CCN(CC2)CC3)[n+](O)cc1OP. The van der Waals surface area contributed by atoms with Crippen LogP contribution in [0.2, 0.25) is 0 Å². The van der Waals surface area contributed by atoms with Crippen molar-refractivity contribution < 1.29 is 23.9 Å². The lowest BCUT2D eigenvalue weighted by molar-refractivity contribution is -0.905. The third-order valence-electron chi connectivity index (χ3n) is 4.98. The molecule has 9 heteroatoms. The Morgan fingerprint density at radius 3 is 2.61 bits per heavy atom. The molecular weight excluding hydrogens is 316 g/mol. The first-order valence-corrected chi connectivity index (χ1v) is 8.07. The third-order valence-corrected chi connectivity index (χ3v) is 5.24. The summed E-state index contributed by atoms with van der Waals surface area (Å²) in [6.45, 7) is 3.91. The molecule has 7 nitrogen and oxygen atoms in total. The van der Waals surface area contributed by atoms with Gasteiger partial charge in [0.25, 0.3) is 6.20 Å². The Balaban J connectivity index is 1.70. The van der Waals surface area contributed by atoms with Gasteiger partial charge >= 0.3 is 19.7 Å². The summed E-state index contributed by atoms with van der Waals surface area (Å²) >= 11 is 0. The van der Waals surface area contributed by atoms with Crippen LogP contribution >= 0.6 is 9.47 Å². The number of nitrogens with zero attached hydrogens (tertiary/aromatic N) is 2. The Bertz CT molecular complexity index is 594. The Morgan fingerprint density at radius 2 is 2.04 bits per heavy atom. The summed E-state index contributed by atoms with van der Waals surface area (Å²) in [6.07, 6.45) is 4.53. The first kappa shape index (κ1) is 16.3. The zero-order valence-corrected chi connectivity index (χ0v) is 14.0. The molecule has 2 bridgehead atoms. The molecule has 23 heavy (non-hydrogen) atoms. The molecule has 3 saturated heterocycles. The van der Waals surface area contributed by atoms with Crippen LogP contribution in [0.1, 0.15) is 29.8 Å². The highest BCUT2D eigenvalue weighted by molar-refractivity contribution is 7.10. The van der Waals surface area contributed by atoms with E-state index in [4.69, 9.17) is 12.6 Å². The van der Waals surface area contributed by atoms with Crippen molar-refractivity contribution in [3.63, 3.8) is 0 Å². The summed E-state index contributed by atoms with van der Waals surface area (Å²) in [6, 6.07) is 1.34. The minimum Gasteiger partial charge on any atom is -0.565 e. The summed E-state index contributed by atoms with van der Waals surface area (Å²) in [5.74, 6) is -0.00197. The monoisotopic (exact) mass is 336 g/mol. The average Bonchev–Trinajstić information content (AvgIpc) is 2.61. The van der Waals surface area contributed by atoms with Crippen LogP contribution in [-0.2, 0) is 0 Å². The van der Waals surface area contributed by atoms with E-state index in [0.29, 0.717) is 11.3 Å². The van der Waals surface area contributed by atoms with Gasteiger partial charge in [0.2, 0.25) is 5.75 Å². The molecule has 0 aliphatic carbocycles. The van der Waals surface area contributed by atoms with Gasteiger partial charge < -0.3 is 19.4 Å². The highest BCUT2D eigenvalue weighted by Gasteiger charge is 2.40. The van der Waals surface area contributed by atoms with Crippen LogP contribution in [0.4, 0.5) is 0 Å². The number of hydrogen-bond acceptors (Lipinski definition) is 5. The lowest BCUT2D eigenvalue weighted by Crippen LogP contribution is -2.53. The van der Waals surface area contributed by atoms with Crippen LogP contribution in [0.25, 0.3) is 0 Å². The number of pyridine rings is 1. The molecule has 1 atom stereocenters. The van der Waals surface area contributed by atoms with Crippen molar-refractivity contribution in [2.45, 2.75) is 19.3 Å². The zero-order chi connectivity index (χ0) is 16.4. The molecule has 4 heterocycles. The molecular formula is C14H20BN3O4P+. The second-order valence-electron chi connectivity index (χ2n) is 6.24. The molecule has 3 fully saturated rings. The number of carbonyl (C=O) groups excluding carboxylic acids is 1. The molecule has 1 aromatic heterocycles. The maximum absolute atomic E-state index is 12.4. The molecule has 1 aromatic rings. The Hall–Kier alpha value is -1.53. The van der Waals surface area contributed by atoms with Gasteiger partial charge in [0, 0.05) is 11.3 Å². The van der Waals surface area contributed by atoms with Gasteiger partial charge in [-0.05, 0) is 44.3 Å². The van der Waals surface area contributed by atoms with Gasteiger partial charge in [-0.15, -0.1) is 0 Å². The van der Waals surface area contributed by atoms with E-state index in [1.807, 2.05) is 9.47 Å². The predicted molar refractivity (Wildman–Crippen MR) is 85.6 cm³/mol. The van der Waals surface area contributed by atoms with E-state index in [2.05, 4.69) is 14.9 Å². The smallest absolute Gasteiger partial charge is 0.374 e. The normalized spacial score (nSPS) is 25.9. The van der Waals surface area contributed by atoms with Crippen molar-refractivity contribution in [2.24, 2.45) is 5.41 Å². The summed E-state index contributed by atoms with van der Waals surface area (Å²) < 4.78 is 10.3. The minimum atomic E-state index is -0.372. The summed E-state index contributed by atoms with van der Waals surface area (Å²) in [5, 5.41) is 12.9. The summed E-state index contributed by atoms with van der Waals surface area (Å²) in [7, 11) is 7.20. The number of aromatic nitrogens is 1. The molecule has 122 valence electrons. The lowest BCUT2D eigenvalue weighted by atomic mass is 9.72. The molecule has 4 rings (SSSR count). The van der Waals surface area contributed by atoms with Crippen LogP contribution in [0.3, 0.4) is 0 Å². The minimum absolute atomic E-state index is 0.0425. The Kier molecular flexibility index (Phi) is 4.64. The van der Waals surface area contributed by atoms with Crippen molar-refractivity contribution in [2.75, 3.05) is 26.2 Å². The van der Waals surface area contributed by atoms with Crippen LogP contribution in [0.15, 0.2) is 12.3 Å². The van der Waals surface area contributed by atoms with Crippen molar-refractivity contribution in [1.29, 1.82) is 0 Å². The molecule has 1 unspecified atom stereocenters.